The number of aromatic nitrogens is 1. The predicted molar refractivity (Wildman–Crippen MR) is 98.2 cm³/mol. The van der Waals surface area contributed by atoms with Crippen LogP contribution >= 0.6 is 15.9 Å². The summed E-state index contributed by atoms with van der Waals surface area (Å²) in [6.45, 7) is 1.45. The molecule has 1 amide bonds. The lowest BCUT2D eigenvalue weighted by molar-refractivity contribution is -0.114. The molecule has 0 saturated carbocycles. The average Bonchev–Trinajstić information content (AvgIpc) is 2.55. The number of anilines is 3. The van der Waals surface area contributed by atoms with Crippen molar-refractivity contribution in [2.24, 2.45) is 0 Å². The third-order valence-electron chi connectivity index (χ3n) is 3.40. The highest BCUT2D eigenvalue weighted by Crippen LogP contribution is 2.31. The molecule has 24 heavy (non-hydrogen) atoms. The number of amides is 1. The number of halogens is 1. The van der Waals surface area contributed by atoms with Gasteiger partial charge in [-0.2, -0.15) is 5.26 Å². The van der Waals surface area contributed by atoms with Crippen molar-refractivity contribution in [3.05, 3.63) is 58.7 Å². The van der Waals surface area contributed by atoms with Gasteiger partial charge in [-0.3, -0.25) is 9.78 Å². The number of rotatable bonds is 3. The van der Waals surface area contributed by atoms with Gasteiger partial charge in [-0.1, -0.05) is 22.0 Å². The van der Waals surface area contributed by atoms with E-state index in [1.165, 1.54) is 6.92 Å². The number of carbonyl (C=O) groups excluding carboxylic acids is 1. The lowest BCUT2D eigenvalue weighted by atomic mass is 10.1. The van der Waals surface area contributed by atoms with Gasteiger partial charge in [0.2, 0.25) is 5.91 Å². The van der Waals surface area contributed by atoms with Crippen LogP contribution in [-0.4, -0.2) is 10.9 Å². The molecule has 3 rings (SSSR count). The first-order valence-corrected chi connectivity index (χ1v) is 7.99. The molecule has 0 fully saturated rings. The molecule has 5 nitrogen and oxygen atoms in total. The van der Waals surface area contributed by atoms with Crippen LogP contribution in [0.2, 0.25) is 0 Å². The fraction of sp³-hybridized carbons (Fsp3) is 0.0556. The second kappa shape index (κ2) is 6.69. The number of nitrogens with zero attached hydrogens (tertiary/aromatic N) is 2. The van der Waals surface area contributed by atoms with E-state index in [0.717, 1.165) is 21.1 Å². The SMILES string of the molecule is CC(=O)Nc1ccc2ncc(C#N)c(Nc3cccc(Br)c3)c2c1. The van der Waals surface area contributed by atoms with E-state index in [1.807, 2.05) is 36.4 Å². The van der Waals surface area contributed by atoms with Crippen LogP contribution in [0.3, 0.4) is 0 Å². The number of fused-ring (bicyclic) bond motifs is 1. The maximum Gasteiger partial charge on any atom is 0.221 e. The minimum Gasteiger partial charge on any atom is -0.354 e. The van der Waals surface area contributed by atoms with Gasteiger partial charge in [0.1, 0.15) is 6.07 Å². The van der Waals surface area contributed by atoms with Crippen molar-refractivity contribution in [3.8, 4) is 6.07 Å². The smallest absolute Gasteiger partial charge is 0.221 e. The molecule has 0 aliphatic heterocycles. The molecule has 1 aromatic heterocycles. The molecule has 6 heteroatoms. The molecule has 0 spiro atoms. The summed E-state index contributed by atoms with van der Waals surface area (Å²) < 4.78 is 0.934. The Bertz CT molecular complexity index is 978. The van der Waals surface area contributed by atoms with Crippen molar-refractivity contribution in [1.82, 2.24) is 4.98 Å². The fourth-order valence-electron chi connectivity index (χ4n) is 2.40. The highest BCUT2D eigenvalue weighted by molar-refractivity contribution is 9.10. The number of pyridine rings is 1. The fourth-order valence-corrected chi connectivity index (χ4v) is 2.80. The second-order valence-electron chi connectivity index (χ2n) is 5.21. The van der Waals surface area contributed by atoms with Gasteiger partial charge >= 0.3 is 0 Å². The predicted octanol–water partition coefficient (Wildman–Crippen LogP) is 4.57. The number of hydrogen-bond donors (Lipinski definition) is 2. The molecule has 0 radical (unpaired) electrons. The van der Waals surface area contributed by atoms with Crippen LogP contribution in [0.4, 0.5) is 17.1 Å². The Morgan fingerprint density at radius 1 is 1.21 bits per heavy atom. The van der Waals surface area contributed by atoms with Gasteiger partial charge in [0.05, 0.1) is 16.8 Å². The maximum absolute atomic E-state index is 11.3. The molecule has 0 unspecified atom stereocenters. The van der Waals surface area contributed by atoms with Crippen molar-refractivity contribution >= 4 is 49.8 Å². The molecule has 118 valence electrons. The lowest BCUT2D eigenvalue weighted by Crippen LogP contribution is -2.05. The summed E-state index contributed by atoms with van der Waals surface area (Å²) in [5.41, 5.74) is 3.33. The molecule has 3 aromatic rings. The maximum atomic E-state index is 11.3. The van der Waals surface area contributed by atoms with Gasteiger partial charge in [-0.15, -0.1) is 0 Å². The molecule has 0 aliphatic rings. The first-order valence-electron chi connectivity index (χ1n) is 7.20. The van der Waals surface area contributed by atoms with Crippen LogP contribution in [-0.2, 0) is 4.79 Å². The van der Waals surface area contributed by atoms with Crippen molar-refractivity contribution in [3.63, 3.8) is 0 Å². The van der Waals surface area contributed by atoms with E-state index in [2.05, 4.69) is 37.6 Å². The van der Waals surface area contributed by atoms with Crippen molar-refractivity contribution < 1.29 is 4.79 Å². The van der Waals surface area contributed by atoms with Crippen LogP contribution in [0.15, 0.2) is 53.1 Å². The van der Waals surface area contributed by atoms with E-state index in [9.17, 15) is 10.1 Å². The van der Waals surface area contributed by atoms with Gasteiger partial charge in [0.15, 0.2) is 0 Å². The van der Waals surface area contributed by atoms with Crippen LogP contribution in [0.25, 0.3) is 10.9 Å². The van der Waals surface area contributed by atoms with E-state index in [0.29, 0.717) is 16.9 Å². The van der Waals surface area contributed by atoms with Crippen molar-refractivity contribution in [2.75, 3.05) is 10.6 Å². The van der Waals surface area contributed by atoms with Gasteiger partial charge in [0.25, 0.3) is 0 Å². The standard InChI is InChI=1S/C18H13BrN4O/c1-11(24)22-15-5-6-17-16(8-15)18(12(9-20)10-21-17)23-14-4-2-3-13(19)7-14/h2-8,10H,1H3,(H,21,23)(H,22,24). The summed E-state index contributed by atoms with van der Waals surface area (Å²) in [4.78, 5) is 15.6. The minimum absolute atomic E-state index is 0.153. The summed E-state index contributed by atoms with van der Waals surface area (Å²) in [5, 5.41) is 16.2. The summed E-state index contributed by atoms with van der Waals surface area (Å²) in [6.07, 6.45) is 1.54. The zero-order valence-electron chi connectivity index (χ0n) is 12.8. The van der Waals surface area contributed by atoms with Crippen LogP contribution in [0.1, 0.15) is 12.5 Å². The molecule has 0 aliphatic carbocycles. The summed E-state index contributed by atoms with van der Waals surface area (Å²) in [6, 6.07) is 15.2. The number of carbonyl (C=O) groups is 1. The van der Waals surface area contributed by atoms with E-state index in [1.54, 1.807) is 12.3 Å². The quantitative estimate of drug-likeness (QED) is 0.697. The Labute approximate surface area is 147 Å². The molecule has 0 bridgehead atoms. The normalized spacial score (nSPS) is 10.2. The number of nitriles is 1. The Hall–Kier alpha value is -2.91. The lowest BCUT2D eigenvalue weighted by Gasteiger charge is -2.13. The number of hydrogen-bond acceptors (Lipinski definition) is 4. The first-order chi connectivity index (χ1) is 11.6. The molecule has 0 atom stereocenters. The van der Waals surface area contributed by atoms with Gasteiger partial charge < -0.3 is 10.6 Å². The minimum atomic E-state index is -0.153. The van der Waals surface area contributed by atoms with Gasteiger partial charge in [-0.25, -0.2) is 0 Å². The van der Waals surface area contributed by atoms with Crippen molar-refractivity contribution in [1.29, 1.82) is 5.26 Å². The molecule has 2 aromatic carbocycles. The Morgan fingerprint density at radius 3 is 2.75 bits per heavy atom. The van der Waals surface area contributed by atoms with Gasteiger partial charge in [0, 0.05) is 34.4 Å². The number of nitrogens with one attached hydrogen (secondary N) is 2. The van der Waals surface area contributed by atoms with E-state index in [-0.39, 0.29) is 5.91 Å². The van der Waals surface area contributed by atoms with Crippen LogP contribution < -0.4 is 10.6 Å². The second-order valence-corrected chi connectivity index (χ2v) is 6.12. The molecular formula is C18H13BrN4O. The highest BCUT2D eigenvalue weighted by atomic mass is 79.9. The Morgan fingerprint density at radius 2 is 2.04 bits per heavy atom. The Balaban J connectivity index is 2.15. The zero-order valence-corrected chi connectivity index (χ0v) is 14.4. The van der Waals surface area contributed by atoms with E-state index in [4.69, 9.17) is 0 Å². The van der Waals surface area contributed by atoms with Crippen LogP contribution in [0.5, 0.6) is 0 Å². The summed E-state index contributed by atoms with van der Waals surface area (Å²) in [7, 11) is 0. The molecule has 0 saturated heterocycles. The molecular weight excluding hydrogens is 368 g/mol. The van der Waals surface area contributed by atoms with Gasteiger partial charge in [-0.05, 0) is 36.4 Å². The summed E-state index contributed by atoms with van der Waals surface area (Å²) in [5.74, 6) is -0.153. The third kappa shape index (κ3) is 3.36. The Kier molecular flexibility index (Phi) is 4.45. The largest absolute Gasteiger partial charge is 0.354 e. The van der Waals surface area contributed by atoms with Crippen molar-refractivity contribution in [2.45, 2.75) is 6.92 Å². The third-order valence-corrected chi connectivity index (χ3v) is 3.90. The van der Waals surface area contributed by atoms with Crippen LogP contribution in [0, 0.1) is 11.3 Å². The topological polar surface area (TPSA) is 77.8 Å². The zero-order chi connectivity index (χ0) is 17.1. The monoisotopic (exact) mass is 380 g/mol. The molecule has 2 N–H and O–H groups in total. The number of benzene rings is 2. The van der Waals surface area contributed by atoms with E-state index < -0.39 is 0 Å². The van der Waals surface area contributed by atoms with E-state index >= 15 is 0 Å². The highest BCUT2D eigenvalue weighted by Gasteiger charge is 2.11. The first kappa shape index (κ1) is 16.0. The molecule has 1 heterocycles. The average molecular weight is 381 g/mol. The summed E-state index contributed by atoms with van der Waals surface area (Å²) >= 11 is 3.43.